The maximum atomic E-state index is 5.25. The fourth-order valence-electron chi connectivity index (χ4n) is 2.13. The number of hydrogen-bond acceptors (Lipinski definition) is 4. The number of nitrogens with one attached hydrogen (secondary N) is 1. The van der Waals surface area contributed by atoms with E-state index in [4.69, 9.17) is 12.2 Å². The average molecular weight is 269 g/mol. The van der Waals surface area contributed by atoms with Crippen LogP contribution in [0.15, 0.2) is 36.7 Å². The minimum atomic E-state index is 0.635. The molecule has 0 saturated heterocycles. The topological polar surface area (TPSA) is 41.6 Å². The first kappa shape index (κ1) is 10.1. The number of fused-ring (bicyclic) bond motifs is 4. The lowest BCUT2D eigenvalue weighted by Crippen LogP contribution is -1.80. The molecule has 18 heavy (non-hydrogen) atoms. The highest BCUT2D eigenvalue weighted by molar-refractivity contribution is 7.71. The molecule has 4 aromatic rings. The normalized spacial score (nSPS) is 11.6. The molecule has 0 atom stereocenters. The Labute approximate surface area is 111 Å². The van der Waals surface area contributed by atoms with Crippen LogP contribution in [0.4, 0.5) is 0 Å². The summed E-state index contributed by atoms with van der Waals surface area (Å²) in [4.78, 5) is 13.0. The highest BCUT2D eigenvalue weighted by Gasteiger charge is 2.09. The number of aromatic amines is 1. The van der Waals surface area contributed by atoms with E-state index < -0.39 is 0 Å². The molecule has 3 heterocycles. The molecule has 0 radical (unpaired) electrons. The third-order valence-corrected chi connectivity index (χ3v) is 4.51. The molecule has 1 aromatic carbocycles. The molecule has 0 unspecified atom stereocenters. The van der Waals surface area contributed by atoms with Gasteiger partial charge in [-0.25, -0.2) is 9.97 Å². The molecule has 0 saturated carbocycles. The zero-order chi connectivity index (χ0) is 12.1. The van der Waals surface area contributed by atoms with Crippen molar-refractivity contribution >= 4 is 54.9 Å². The summed E-state index contributed by atoms with van der Waals surface area (Å²) in [5, 5.41) is 2.25. The minimum Gasteiger partial charge on any atom is -0.345 e. The lowest BCUT2D eigenvalue weighted by atomic mass is 10.2. The number of aromatic nitrogens is 3. The van der Waals surface area contributed by atoms with Crippen LogP contribution in [0, 0.1) is 4.64 Å². The molecule has 0 aliphatic heterocycles. The van der Waals surface area contributed by atoms with Crippen molar-refractivity contribution in [3.8, 4) is 0 Å². The first-order valence-corrected chi connectivity index (χ1v) is 6.71. The molecular weight excluding hydrogens is 262 g/mol. The van der Waals surface area contributed by atoms with Gasteiger partial charge in [0.15, 0.2) is 0 Å². The van der Waals surface area contributed by atoms with E-state index in [1.165, 1.54) is 0 Å². The van der Waals surface area contributed by atoms with Gasteiger partial charge in [-0.3, -0.25) is 0 Å². The van der Waals surface area contributed by atoms with Crippen LogP contribution in [0.3, 0.4) is 0 Å². The molecule has 5 heteroatoms. The van der Waals surface area contributed by atoms with E-state index in [0.717, 1.165) is 31.3 Å². The maximum Gasteiger partial charge on any atom is 0.147 e. The molecule has 3 aromatic heterocycles. The molecule has 3 nitrogen and oxygen atoms in total. The van der Waals surface area contributed by atoms with Crippen molar-refractivity contribution in [2.75, 3.05) is 0 Å². The van der Waals surface area contributed by atoms with Crippen molar-refractivity contribution in [1.82, 2.24) is 15.0 Å². The molecular formula is C13H7N3S2. The smallest absolute Gasteiger partial charge is 0.147 e. The molecule has 1 N–H and O–H groups in total. The predicted molar refractivity (Wildman–Crippen MR) is 77.6 cm³/mol. The van der Waals surface area contributed by atoms with Crippen molar-refractivity contribution in [3.63, 3.8) is 0 Å². The summed E-state index contributed by atoms with van der Waals surface area (Å²) >= 11 is 6.85. The number of H-pyrrole nitrogens is 1. The van der Waals surface area contributed by atoms with E-state index in [2.05, 4.69) is 27.1 Å². The number of nitrogens with zero attached hydrogens (tertiary/aromatic N) is 2. The van der Waals surface area contributed by atoms with Gasteiger partial charge in [-0.15, -0.1) is 11.3 Å². The average Bonchev–Trinajstić information content (AvgIpc) is 2.76. The molecule has 0 amide bonds. The lowest BCUT2D eigenvalue weighted by Gasteiger charge is -1.96. The first-order valence-electron chi connectivity index (χ1n) is 5.48. The predicted octanol–water partition coefficient (Wildman–Crippen LogP) is 4.06. The summed E-state index contributed by atoms with van der Waals surface area (Å²) < 4.78 is 1.64. The Kier molecular flexibility index (Phi) is 2.00. The molecule has 86 valence electrons. The Morgan fingerprint density at radius 2 is 2.11 bits per heavy atom. The molecule has 4 rings (SSSR count). The Morgan fingerprint density at radius 3 is 3.06 bits per heavy atom. The van der Waals surface area contributed by atoms with Crippen molar-refractivity contribution < 1.29 is 0 Å². The van der Waals surface area contributed by atoms with E-state index in [1.807, 2.05) is 18.2 Å². The second-order valence-corrected chi connectivity index (χ2v) is 5.43. The van der Waals surface area contributed by atoms with Crippen molar-refractivity contribution in [1.29, 1.82) is 0 Å². The van der Waals surface area contributed by atoms with E-state index in [1.54, 1.807) is 17.7 Å². The summed E-state index contributed by atoms with van der Waals surface area (Å²) in [6.07, 6.45) is 1.64. The lowest BCUT2D eigenvalue weighted by molar-refractivity contribution is 1.22. The van der Waals surface area contributed by atoms with Gasteiger partial charge in [0.1, 0.15) is 9.47 Å². The molecule has 0 bridgehead atoms. The quantitative estimate of drug-likeness (QED) is 0.489. The SMILES string of the molecule is S=c1nc[nH]c2c1sc1nc3ccccc3cc12. The third-order valence-electron chi connectivity index (χ3n) is 2.97. The standard InChI is InChI=1S/C13H7N3S2/c17-12-11-10(14-6-15-12)8-5-7-3-1-2-4-9(7)16-13(8)18-11/h1-6H,(H,14,15,17). The monoisotopic (exact) mass is 269 g/mol. The second kappa shape index (κ2) is 3.57. The summed E-state index contributed by atoms with van der Waals surface area (Å²) in [5.74, 6) is 0. The summed E-state index contributed by atoms with van der Waals surface area (Å²) in [5.41, 5.74) is 2.05. The van der Waals surface area contributed by atoms with E-state index >= 15 is 0 Å². The van der Waals surface area contributed by atoms with Crippen LogP contribution in [0.2, 0.25) is 0 Å². The van der Waals surface area contributed by atoms with Gasteiger partial charge in [0, 0.05) is 10.8 Å². The van der Waals surface area contributed by atoms with Crippen molar-refractivity contribution in [3.05, 3.63) is 41.3 Å². The van der Waals surface area contributed by atoms with E-state index in [-0.39, 0.29) is 0 Å². The highest BCUT2D eigenvalue weighted by Crippen LogP contribution is 2.33. The highest BCUT2D eigenvalue weighted by atomic mass is 32.1. The summed E-state index contributed by atoms with van der Waals surface area (Å²) in [6, 6.07) is 10.3. The number of benzene rings is 1. The number of para-hydroxylation sites is 1. The Hall–Kier alpha value is -1.85. The van der Waals surface area contributed by atoms with Crippen LogP contribution < -0.4 is 0 Å². The largest absolute Gasteiger partial charge is 0.345 e. The molecule has 0 fully saturated rings. The van der Waals surface area contributed by atoms with Crippen LogP contribution in [-0.2, 0) is 0 Å². The van der Waals surface area contributed by atoms with Gasteiger partial charge in [-0.1, -0.05) is 30.4 Å². The zero-order valence-corrected chi connectivity index (χ0v) is 10.8. The Morgan fingerprint density at radius 1 is 1.22 bits per heavy atom. The number of rotatable bonds is 0. The maximum absolute atomic E-state index is 5.25. The first-order chi connectivity index (χ1) is 8.83. The fourth-order valence-corrected chi connectivity index (χ4v) is 3.43. The van der Waals surface area contributed by atoms with Crippen LogP contribution in [0.5, 0.6) is 0 Å². The van der Waals surface area contributed by atoms with Gasteiger partial charge < -0.3 is 4.98 Å². The van der Waals surface area contributed by atoms with Crippen LogP contribution in [-0.4, -0.2) is 15.0 Å². The Balaban J connectivity index is 2.31. The second-order valence-electron chi connectivity index (χ2n) is 4.05. The molecule has 0 aliphatic carbocycles. The summed E-state index contributed by atoms with van der Waals surface area (Å²) in [6.45, 7) is 0. The number of hydrogen-bond donors (Lipinski definition) is 1. The van der Waals surface area contributed by atoms with Gasteiger partial charge in [0.25, 0.3) is 0 Å². The Bertz CT molecular complexity index is 953. The minimum absolute atomic E-state index is 0.635. The van der Waals surface area contributed by atoms with Crippen LogP contribution in [0.25, 0.3) is 31.3 Å². The summed E-state index contributed by atoms with van der Waals surface area (Å²) in [7, 11) is 0. The molecule has 0 spiro atoms. The van der Waals surface area contributed by atoms with Crippen molar-refractivity contribution in [2.45, 2.75) is 0 Å². The van der Waals surface area contributed by atoms with E-state index in [9.17, 15) is 0 Å². The number of pyridine rings is 1. The molecule has 0 aliphatic rings. The van der Waals surface area contributed by atoms with Crippen LogP contribution >= 0.6 is 23.6 Å². The van der Waals surface area contributed by atoms with Gasteiger partial charge in [-0.2, -0.15) is 0 Å². The van der Waals surface area contributed by atoms with Gasteiger partial charge in [0.05, 0.1) is 22.1 Å². The van der Waals surface area contributed by atoms with Gasteiger partial charge in [-0.05, 0) is 12.1 Å². The fraction of sp³-hybridized carbons (Fsp3) is 0. The third kappa shape index (κ3) is 1.31. The van der Waals surface area contributed by atoms with Crippen LogP contribution in [0.1, 0.15) is 0 Å². The van der Waals surface area contributed by atoms with E-state index in [0.29, 0.717) is 4.64 Å². The van der Waals surface area contributed by atoms with Gasteiger partial charge >= 0.3 is 0 Å². The number of thiophene rings is 1. The van der Waals surface area contributed by atoms with Crippen molar-refractivity contribution in [2.24, 2.45) is 0 Å². The zero-order valence-electron chi connectivity index (χ0n) is 9.18. The van der Waals surface area contributed by atoms with Gasteiger partial charge in [0.2, 0.25) is 0 Å².